The van der Waals surface area contributed by atoms with Crippen LogP contribution in [0.1, 0.15) is 41.8 Å². The fraction of sp³-hybridized carbons (Fsp3) is 0.320. The Morgan fingerprint density at radius 3 is 2.45 bits per heavy atom. The number of fused-ring (bicyclic) bond motifs is 1. The molecule has 0 bridgehead atoms. The first-order valence-corrected chi connectivity index (χ1v) is 11.5. The number of hydrogen-bond acceptors (Lipinski definition) is 6. The van der Waals surface area contributed by atoms with Gasteiger partial charge in [0.2, 0.25) is 0 Å². The van der Waals surface area contributed by atoms with Crippen molar-refractivity contribution in [1.29, 1.82) is 0 Å². The van der Waals surface area contributed by atoms with Crippen LogP contribution in [0.5, 0.6) is 5.06 Å². The Labute approximate surface area is 203 Å². The van der Waals surface area contributed by atoms with Gasteiger partial charge in [-0.15, -0.1) is 23.7 Å². The third kappa shape index (κ3) is 6.47. The first-order valence-electron chi connectivity index (χ1n) is 10.7. The van der Waals surface area contributed by atoms with Gasteiger partial charge in [-0.1, -0.05) is 24.3 Å². The van der Waals surface area contributed by atoms with Crippen molar-refractivity contribution in [3.63, 3.8) is 0 Å². The second-order valence-corrected chi connectivity index (χ2v) is 9.05. The van der Waals surface area contributed by atoms with E-state index in [1.807, 2.05) is 24.3 Å². The molecular formula is C25H26ClFN2O3S. The van der Waals surface area contributed by atoms with Crippen LogP contribution in [-0.4, -0.2) is 28.2 Å². The Kier molecular flexibility index (Phi) is 8.72. The molecule has 3 heterocycles. The Bertz CT molecular complexity index is 1060. The smallest absolute Gasteiger partial charge is 0.308 e. The SMILES string of the molecule is CC(=O)Oc1cc2c(s1)CCN(C(C(=O)C1CC1)c1ccccc1F)C2.Cl.c1ccncc1. The number of carbonyl (C=O) groups is 2. The molecule has 0 saturated heterocycles. The molecule has 5 rings (SSSR count). The summed E-state index contributed by atoms with van der Waals surface area (Å²) in [5.74, 6) is -0.495. The van der Waals surface area contributed by atoms with Gasteiger partial charge in [0, 0.05) is 48.8 Å². The number of ketones is 1. The number of ether oxygens (including phenoxy) is 1. The minimum atomic E-state index is -0.547. The van der Waals surface area contributed by atoms with Gasteiger partial charge < -0.3 is 4.74 Å². The van der Waals surface area contributed by atoms with Gasteiger partial charge in [0.05, 0.1) is 6.04 Å². The van der Waals surface area contributed by atoms with Crippen LogP contribution >= 0.6 is 23.7 Å². The third-order valence-electron chi connectivity index (χ3n) is 5.50. The average molecular weight is 489 g/mol. The van der Waals surface area contributed by atoms with E-state index < -0.39 is 6.04 Å². The second-order valence-electron chi connectivity index (χ2n) is 7.95. The summed E-state index contributed by atoms with van der Waals surface area (Å²) in [7, 11) is 0. The molecule has 1 fully saturated rings. The van der Waals surface area contributed by atoms with Crippen molar-refractivity contribution in [2.24, 2.45) is 5.92 Å². The first-order chi connectivity index (χ1) is 15.5. The molecule has 174 valence electrons. The van der Waals surface area contributed by atoms with Gasteiger partial charge >= 0.3 is 5.97 Å². The van der Waals surface area contributed by atoms with Gasteiger partial charge in [0.1, 0.15) is 5.82 Å². The third-order valence-corrected chi connectivity index (χ3v) is 6.61. The van der Waals surface area contributed by atoms with Crippen molar-refractivity contribution in [3.8, 4) is 5.06 Å². The summed E-state index contributed by atoms with van der Waals surface area (Å²) in [6, 6.07) is 13.6. The molecule has 1 unspecified atom stereocenters. The van der Waals surface area contributed by atoms with Crippen LogP contribution in [0.3, 0.4) is 0 Å². The van der Waals surface area contributed by atoms with Crippen LogP contribution < -0.4 is 4.74 Å². The number of esters is 1. The molecule has 1 saturated carbocycles. The minimum Gasteiger partial charge on any atom is -0.416 e. The zero-order chi connectivity index (χ0) is 22.5. The number of Topliss-reactive ketones (excluding diaryl/α,β-unsaturated/α-hetero) is 1. The van der Waals surface area contributed by atoms with Gasteiger partial charge in [-0.2, -0.15) is 0 Å². The molecule has 0 N–H and O–H groups in total. The van der Waals surface area contributed by atoms with Crippen molar-refractivity contribution in [2.45, 2.75) is 38.8 Å². The number of benzene rings is 1. The standard InChI is InChI=1S/C20H20FNO3S.C5H5N.ClH/c1-12(23)25-18-10-14-11-22(9-8-17(14)26-18)19(20(24)13-6-7-13)15-4-2-3-5-16(15)21;1-2-4-6-5-3-1;/h2-5,10,13,19H,6-9,11H2,1H3;1-5H;1H. The number of carbonyl (C=O) groups excluding carboxylic acids is 2. The lowest BCUT2D eigenvalue weighted by molar-refractivity contribution is -0.131. The van der Waals surface area contributed by atoms with Gasteiger partial charge in [0.25, 0.3) is 0 Å². The highest BCUT2D eigenvalue weighted by atomic mass is 35.5. The van der Waals surface area contributed by atoms with Crippen LogP contribution in [0.4, 0.5) is 4.39 Å². The van der Waals surface area contributed by atoms with E-state index in [-0.39, 0.29) is 35.9 Å². The van der Waals surface area contributed by atoms with Crippen molar-refractivity contribution >= 4 is 35.5 Å². The Hall–Kier alpha value is -2.61. The average Bonchev–Trinajstić information content (AvgIpc) is 3.57. The summed E-state index contributed by atoms with van der Waals surface area (Å²) in [5.41, 5.74) is 1.52. The van der Waals surface area contributed by atoms with Gasteiger partial charge in [-0.05, 0) is 49.1 Å². The summed E-state index contributed by atoms with van der Waals surface area (Å²) >= 11 is 1.47. The lowest BCUT2D eigenvalue weighted by Gasteiger charge is -2.34. The van der Waals surface area contributed by atoms with Gasteiger partial charge in [-0.3, -0.25) is 19.5 Å². The highest BCUT2D eigenvalue weighted by Gasteiger charge is 2.40. The Balaban J connectivity index is 0.000000382. The summed E-state index contributed by atoms with van der Waals surface area (Å²) in [6.07, 6.45) is 6.07. The number of pyridine rings is 1. The molecule has 0 amide bonds. The maximum atomic E-state index is 14.4. The summed E-state index contributed by atoms with van der Waals surface area (Å²) in [4.78, 5) is 31.1. The van der Waals surface area contributed by atoms with Crippen LogP contribution in [-0.2, 0) is 22.6 Å². The van der Waals surface area contributed by atoms with Crippen molar-refractivity contribution in [2.75, 3.05) is 6.54 Å². The number of aromatic nitrogens is 1. The molecule has 8 heteroatoms. The molecule has 1 aliphatic heterocycles. The highest BCUT2D eigenvalue weighted by Crippen LogP contribution is 2.41. The van der Waals surface area contributed by atoms with Gasteiger partial charge in [0.15, 0.2) is 10.8 Å². The fourth-order valence-corrected chi connectivity index (χ4v) is 4.92. The lowest BCUT2D eigenvalue weighted by Crippen LogP contribution is -2.38. The van der Waals surface area contributed by atoms with E-state index in [9.17, 15) is 14.0 Å². The fourth-order valence-electron chi connectivity index (χ4n) is 3.87. The van der Waals surface area contributed by atoms with E-state index in [1.165, 1.54) is 29.2 Å². The van der Waals surface area contributed by atoms with E-state index in [1.54, 1.807) is 30.6 Å². The second kappa shape index (κ2) is 11.5. The zero-order valence-corrected chi connectivity index (χ0v) is 19.9. The molecule has 1 aromatic carbocycles. The predicted molar refractivity (Wildman–Crippen MR) is 128 cm³/mol. The number of rotatable bonds is 5. The Morgan fingerprint density at radius 1 is 1.15 bits per heavy atom. The number of halogens is 2. The molecule has 5 nitrogen and oxygen atoms in total. The largest absolute Gasteiger partial charge is 0.416 e. The highest BCUT2D eigenvalue weighted by molar-refractivity contribution is 7.14. The van der Waals surface area contributed by atoms with Gasteiger partial charge in [-0.25, -0.2) is 4.39 Å². The molecule has 3 aromatic rings. The summed E-state index contributed by atoms with van der Waals surface area (Å²) < 4.78 is 19.6. The van der Waals surface area contributed by atoms with E-state index >= 15 is 0 Å². The topological polar surface area (TPSA) is 59.5 Å². The molecular weight excluding hydrogens is 463 g/mol. The lowest BCUT2D eigenvalue weighted by atomic mass is 9.95. The minimum absolute atomic E-state index is 0. The van der Waals surface area contributed by atoms with E-state index in [0.29, 0.717) is 23.7 Å². The number of thiophene rings is 1. The normalized spacial score (nSPS) is 15.8. The number of nitrogens with zero attached hydrogens (tertiary/aromatic N) is 2. The quantitative estimate of drug-likeness (QED) is 0.450. The Morgan fingerprint density at radius 2 is 1.88 bits per heavy atom. The summed E-state index contributed by atoms with van der Waals surface area (Å²) in [6.45, 7) is 2.63. The monoisotopic (exact) mass is 488 g/mol. The molecule has 2 aliphatic rings. The van der Waals surface area contributed by atoms with Crippen LogP contribution in [0.25, 0.3) is 0 Å². The van der Waals surface area contributed by atoms with Crippen molar-refractivity contribution in [3.05, 3.63) is 82.7 Å². The molecule has 0 radical (unpaired) electrons. The molecule has 2 aromatic heterocycles. The molecule has 1 atom stereocenters. The first kappa shape index (κ1) is 25.0. The summed E-state index contributed by atoms with van der Waals surface area (Å²) in [5, 5.41) is 0.584. The number of hydrogen-bond donors (Lipinski definition) is 0. The van der Waals surface area contributed by atoms with Crippen molar-refractivity contribution < 1.29 is 18.7 Å². The van der Waals surface area contributed by atoms with Crippen molar-refractivity contribution in [1.82, 2.24) is 9.88 Å². The van der Waals surface area contributed by atoms with E-state index in [0.717, 1.165) is 24.8 Å². The zero-order valence-electron chi connectivity index (χ0n) is 18.3. The maximum Gasteiger partial charge on any atom is 0.308 e. The van der Waals surface area contributed by atoms with Crippen LogP contribution in [0, 0.1) is 11.7 Å². The maximum absolute atomic E-state index is 14.4. The van der Waals surface area contributed by atoms with E-state index in [4.69, 9.17) is 4.74 Å². The molecule has 33 heavy (non-hydrogen) atoms. The predicted octanol–water partition coefficient (Wildman–Crippen LogP) is 5.39. The molecule has 1 aliphatic carbocycles. The van der Waals surface area contributed by atoms with E-state index in [2.05, 4.69) is 9.88 Å². The van der Waals surface area contributed by atoms with Crippen LogP contribution in [0.15, 0.2) is 60.9 Å². The van der Waals surface area contributed by atoms with Crippen LogP contribution in [0.2, 0.25) is 0 Å². The molecule has 0 spiro atoms.